The molecule has 2 aromatic rings. The minimum absolute atomic E-state index is 0.237. The molecule has 0 aliphatic heterocycles. The van der Waals surface area contributed by atoms with Crippen LogP contribution in [0.15, 0.2) is 46.9 Å². The highest BCUT2D eigenvalue weighted by Gasteiger charge is 2.32. The Hall–Kier alpha value is -1.36. The molecule has 2 aromatic carbocycles. The van der Waals surface area contributed by atoms with Gasteiger partial charge in [0.25, 0.3) is 5.91 Å². The van der Waals surface area contributed by atoms with Crippen LogP contribution in [0.5, 0.6) is 0 Å². The zero-order chi connectivity index (χ0) is 15.0. The summed E-state index contributed by atoms with van der Waals surface area (Å²) in [7, 11) is 0. The van der Waals surface area contributed by atoms with Crippen LogP contribution < -0.4 is 5.32 Å². The van der Waals surface area contributed by atoms with Crippen LogP contribution in [0.1, 0.15) is 27.5 Å². The average molecular weight is 367 g/mol. The van der Waals surface area contributed by atoms with E-state index < -0.39 is 6.10 Å². The van der Waals surface area contributed by atoms with Gasteiger partial charge in [0.1, 0.15) is 0 Å². The predicted molar refractivity (Wildman–Crippen MR) is 85.5 cm³/mol. The van der Waals surface area contributed by atoms with Gasteiger partial charge in [0.15, 0.2) is 0 Å². The van der Waals surface area contributed by atoms with Crippen molar-refractivity contribution < 1.29 is 9.90 Å². The Labute approximate surface area is 136 Å². The molecule has 2 N–H and O–H groups in total. The van der Waals surface area contributed by atoms with Crippen molar-refractivity contribution in [1.29, 1.82) is 0 Å². The summed E-state index contributed by atoms with van der Waals surface area (Å²) in [5.74, 6) is -0.237. The lowest BCUT2D eigenvalue weighted by Gasteiger charge is -2.18. The van der Waals surface area contributed by atoms with E-state index in [4.69, 9.17) is 11.6 Å². The fraction of sp³-hybridized carbons (Fsp3) is 0.188. The van der Waals surface area contributed by atoms with Gasteiger partial charge in [0.05, 0.1) is 17.7 Å². The number of halogens is 2. The topological polar surface area (TPSA) is 49.3 Å². The van der Waals surface area contributed by atoms with Crippen LogP contribution in [0, 0.1) is 0 Å². The molecule has 0 spiro atoms. The Kier molecular flexibility index (Phi) is 4.02. The third-order valence-electron chi connectivity index (χ3n) is 3.67. The lowest BCUT2D eigenvalue weighted by Crippen LogP contribution is -2.34. The summed E-state index contributed by atoms with van der Waals surface area (Å²) in [4.78, 5) is 12.4. The highest BCUT2D eigenvalue weighted by Crippen LogP contribution is 2.32. The van der Waals surface area contributed by atoms with Gasteiger partial charge >= 0.3 is 0 Å². The zero-order valence-electron chi connectivity index (χ0n) is 11.0. The molecule has 1 amide bonds. The monoisotopic (exact) mass is 365 g/mol. The van der Waals surface area contributed by atoms with Crippen LogP contribution in [0.4, 0.5) is 0 Å². The molecule has 0 radical (unpaired) electrons. The minimum atomic E-state index is -0.600. The molecule has 0 saturated carbocycles. The quantitative estimate of drug-likeness (QED) is 0.855. The summed E-state index contributed by atoms with van der Waals surface area (Å²) in [6.07, 6.45) is -0.0412. The highest BCUT2D eigenvalue weighted by atomic mass is 79.9. The number of hydrogen-bond acceptors (Lipinski definition) is 2. The van der Waals surface area contributed by atoms with Gasteiger partial charge in [-0.25, -0.2) is 0 Å². The van der Waals surface area contributed by atoms with E-state index in [1.165, 1.54) is 0 Å². The van der Waals surface area contributed by atoms with E-state index in [2.05, 4.69) is 21.2 Å². The number of carbonyl (C=O) groups is 1. The standard InChI is InChI=1S/C16H13BrClNO2/c17-13-8-10(18)5-6-12(13)16(21)19-15-11-4-2-1-3-9(11)7-14(15)20/h1-6,8,14-15,20H,7H2,(H,19,21)/t14-,15+/m0/s1. The molecule has 1 aliphatic rings. The Morgan fingerprint density at radius 3 is 2.81 bits per heavy atom. The van der Waals surface area contributed by atoms with E-state index in [9.17, 15) is 9.90 Å². The van der Waals surface area contributed by atoms with E-state index >= 15 is 0 Å². The molecule has 2 atom stereocenters. The van der Waals surface area contributed by atoms with Crippen LogP contribution in [0.2, 0.25) is 5.02 Å². The van der Waals surface area contributed by atoms with Gasteiger partial charge in [-0.3, -0.25) is 4.79 Å². The van der Waals surface area contributed by atoms with Crippen LogP contribution in [-0.2, 0) is 6.42 Å². The fourth-order valence-corrected chi connectivity index (χ4v) is 3.50. The number of nitrogens with one attached hydrogen (secondary N) is 1. The van der Waals surface area contributed by atoms with Crippen LogP contribution in [0.25, 0.3) is 0 Å². The van der Waals surface area contributed by atoms with Gasteiger partial charge < -0.3 is 10.4 Å². The molecular weight excluding hydrogens is 354 g/mol. The van der Waals surface area contributed by atoms with E-state index in [1.54, 1.807) is 18.2 Å². The number of rotatable bonds is 2. The maximum Gasteiger partial charge on any atom is 0.253 e. The fourth-order valence-electron chi connectivity index (χ4n) is 2.64. The SMILES string of the molecule is O=C(N[C@@H]1c2ccccc2C[C@@H]1O)c1ccc(Cl)cc1Br. The number of carbonyl (C=O) groups excluding carboxylic acids is 1. The molecule has 0 heterocycles. The van der Waals surface area contributed by atoms with Gasteiger partial charge in [-0.1, -0.05) is 35.9 Å². The van der Waals surface area contributed by atoms with Crippen molar-refractivity contribution in [2.24, 2.45) is 0 Å². The summed E-state index contributed by atoms with van der Waals surface area (Å²) in [5, 5.41) is 13.6. The number of hydrogen-bond donors (Lipinski definition) is 2. The van der Waals surface area contributed by atoms with Crippen molar-refractivity contribution in [3.63, 3.8) is 0 Å². The lowest BCUT2D eigenvalue weighted by molar-refractivity contribution is 0.0857. The lowest BCUT2D eigenvalue weighted by atomic mass is 10.1. The first-order valence-corrected chi connectivity index (χ1v) is 7.75. The molecule has 0 unspecified atom stereocenters. The van der Waals surface area contributed by atoms with Crippen molar-refractivity contribution in [3.8, 4) is 0 Å². The maximum absolute atomic E-state index is 12.4. The maximum atomic E-state index is 12.4. The predicted octanol–water partition coefficient (Wildman–Crippen LogP) is 3.49. The molecule has 0 bridgehead atoms. The van der Waals surface area contributed by atoms with Crippen molar-refractivity contribution in [2.75, 3.05) is 0 Å². The molecule has 5 heteroatoms. The van der Waals surface area contributed by atoms with Crippen molar-refractivity contribution >= 4 is 33.4 Å². The summed E-state index contributed by atoms with van der Waals surface area (Å²) in [6.45, 7) is 0. The van der Waals surface area contributed by atoms with Crippen molar-refractivity contribution in [1.82, 2.24) is 5.32 Å². The Morgan fingerprint density at radius 1 is 1.29 bits per heavy atom. The third-order valence-corrected chi connectivity index (χ3v) is 4.56. The first-order valence-electron chi connectivity index (χ1n) is 6.58. The van der Waals surface area contributed by atoms with Crippen LogP contribution in [0.3, 0.4) is 0 Å². The summed E-state index contributed by atoms with van der Waals surface area (Å²) in [6, 6.07) is 12.4. The molecule has 0 aromatic heterocycles. The Morgan fingerprint density at radius 2 is 2.05 bits per heavy atom. The molecule has 0 saturated heterocycles. The van der Waals surface area contributed by atoms with Gasteiger partial charge in [0, 0.05) is 15.9 Å². The molecule has 21 heavy (non-hydrogen) atoms. The second kappa shape index (κ2) is 5.79. The van der Waals surface area contributed by atoms with Crippen molar-refractivity contribution in [2.45, 2.75) is 18.6 Å². The van der Waals surface area contributed by atoms with E-state index in [0.29, 0.717) is 21.5 Å². The number of benzene rings is 2. The number of aliphatic hydroxyl groups excluding tert-OH is 1. The van der Waals surface area contributed by atoms with Gasteiger partial charge in [0.2, 0.25) is 0 Å². The highest BCUT2D eigenvalue weighted by molar-refractivity contribution is 9.10. The number of aliphatic hydroxyl groups is 1. The summed E-state index contributed by atoms with van der Waals surface area (Å²) in [5.41, 5.74) is 2.55. The zero-order valence-corrected chi connectivity index (χ0v) is 13.4. The molecule has 0 fully saturated rings. The second-order valence-corrected chi connectivity index (χ2v) is 6.34. The summed E-state index contributed by atoms with van der Waals surface area (Å²) < 4.78 is 0.633. The number of fused-ring (bicyclic) bond motifs is 1. The first-order chi connectivity index (χ1) is 10.1. The van der Waals surface area contributed by atoms with Crippen molar-refractivity contribution in [3.05, 3.63) is 68.7 Å². The second-order valence-electron chi connectivity index (χ2n) is 5.05. The van der Waals surface area contributed by atoms with Gasteiger partial charge in [-0.2, -0.15) is 0 Å². The molecule has 1 aliphatic carbocycles. The smallest absolute Gasteiger partial charge is 0.253 e. The van der Waals surface area contributed by atoms with Crippen LogP contribution in [-0.4, -0.2) is 17.1 Å². The normalized spacial score (nSPS) is 20.1. The Balaban J connectivity index is 1.85. The minimum Gasteiger partial charge on any atom is -0.390 e. The largest absolute Gasteiger partial charge is 0.390 e. The molecule has 3 nitrogen and oxygen atoms in total. The Bertz CT molecular complexity index is 704. The van der Waals surface area contributed by atoms with Gasteiger partial charge in [-0.15, -0.1) is 0 Å². The summed E-state index contributed by atoms with van der Waals surface area (Å²) >= 11 is 9.22. The third kappa shape index (κ3) is 2.84. The van der Waals surface area contributed by atoms with Gasteiger partial charge in [-0.05, 0) is 45.3 Å². The molecule has 108 valence electrons. The molecular formula is C16H13BrClNO2. The van der Waals surface area contributed by atoms with E-state index in [1.807, 2.05) is 24.3 Å². The first kappa shape index (κ1) is 14.6. The number of amides is 1. The van der Waals surface area contributed by atoms with E-state index in [0.717, 1.165) is 11.1 Å². The van der Waals surface area contributed by atoms with E-state index in [-0.39, 0.29) is 11.9 Å². The molecule has 3 rings (SSSR count). The van der Waals surface area contributed by atoms with Crippen LogP contribution >= 0.6 is 27.5 Å². The average Bonchev–Trinajstić information content (AvgIpc) is 2.75.